The normalized spacial score (nSPS) is 20.2. The molecule has 1 aliphatic rings. The lowest BCUT2D eigenvalue weighted by molar-refractivity contribution is 0.284. The molecule has 1 fully saturated rings. The molecule has 1 unspecified atom stereocenters. The lowest BCUT2D eigenvalue weighted by atomic mass is 10.2. The minimum Gasteiger partial charge on any atom is -0.359 e. The maximum atomic E-state index is 5.42. The molecule has 3 nitrogen and oxygen atoms in total. The van der Waals surface area contributed by atoms with E-state index in [1.165, 1.54) is 12.8 Å². The Hall–Kier alpha value is -0.610. The van der Waals surface area contributed by atoms with Crippen molar-refractivity contribution in [2.24, 2.45) is 0 Å². The van der Waals surface area contributed by atoms with Gasteiger partial charge < -0.3 is 15.1 Å². The van der Waals surface area contributed by atoms with Gasteiger partial charge in [0.15, 0.2) is 5.11 Å². The van der Waals surface area contributed by atoms with E-state index in [0.717, 1.165) is 30.3 Å². The molecule has 0 bridgehead atoms. The third kappa shape index (κ3) is 4.10. The van der Waals surface area contributed by atoms with Crippen LogP contribution < -0.4 is 5.32 Å². The molecule has 1 N–H and O–H groups in total. The van der Waals surface area contributed by atoms with Crippen molar-refractivity contribution in [3.05, 3.63) is 12.2 Å². The van der Waals surface area contributed by atoms with Crippen LogP contribution in [0.4, 0.5) is 0 Å². The minimum atomic E-state index is 0.570. The second-order valence-corrected chi connectivity index (χ2v) is 5.25. The van der Waals surface area contributed by atoms with Crippen molar-refractivity contribution in [3.63, 3.8) is 0 Å². The van der Waals surface area contributed by atoms with E-state index in [0.29, 0.717) is 6.04 Å². The molecule has 0 aromatic heterocycles. The Kier molecular flexibility index (Phi) is 5.22. The first-order valence-corrected chi connectivity index (χ1v) is 6.25. The summed E-state index contributed by atoms with van der Waals surface area (Å²) in [7, 11) is 4.22. The summed E-state index contributed by atoms with van der Waals surface area (Å²) in [5.41, 5.74) is 1.12. The van der Waals surface area contributed by atoms with Crippen LogP contribution >= 0.6 is 12.2 Å². The summed E-state index contributed by atoms with van der Waals surface area (Å²) in [6.07, 6.45) is 2.49. The van der Waals surface area contributed by atoms with Gasteiger partial charge in [-0.1, -0.05) is 12.2 Å². The first-order chi connectivity index (χ1) is 7.50. The minimum absolute atomic E-state index is 0.570. The molecule has 4 heteroatoms. The molecule has 0 spiro atoms. The zero-order chi connectivity index (χ0) is 12.1. The summed E-state index contributed by atoms with van der Waals surface area (Å²) in [6.45, 7) is 8.83. The van der Waals surface area contributed by atoms with Gasteiger partial charge in [-0.2, -0.15) is 0 Å². The van der Waals surface area contributed by atoms with Gasteiger partial charge in [-0.3, -0.25) is 0 Å². The molecule has 1 atom stereocenters. The quantitative estimate of drug-likeness (QED) is 0.593. The predicted molar refractivity (Wildman–Crippen MR) is 73.7 cm³/mol. The summed E-state index contributed by atoms with van der Waals surface area (Å²) in [6, 6.07) is 0.570. The Labute approximate surface area is 104 Å². The second-order valence-electron chi connectivity index (χ2n) is 4.87. The van der Waals surface area contributed by atoms with E-state index in [1.54, 1.807) is 0 Å². The van der Waals surface area contributed by atoms with E-state index in [1.807, 2.05) is 6.92 Å². The maximum absolute atomic E-state index is 5.42. The molecule has 92 valence electrons. The van der Waals surface area contributed by atoms with E-state index in [-0.39, 0.29) is 0 Å². The molecule has 1 rings (SSSR count). The van der Waals surface area contributed by atoms with Crippen LogP contribution in [0.15, 0.2) is 12.2 Å². The molecule has 16 heavy (non-hydrogen) atoms. The van der Waals surface area contributed by atoms with E-state index in [9.17, 15) is 0 Å². The van der Waals surface area contributed by atoms with Crippen LogP contribution in [-0.4, -0.2) is 54.7 Å². The standard InChI is InChI=1S/C12H23N3S/c1-10(2)8-13-12(16)15-7-5-6-11(15)9-14(3)4/h11H,1,5-9H2,2-4H3,(H,13,16). The van der Waals surface area contributed by atoms with Gasteiger partial charge in [-0.25, -0.2) is 0 Å². The van der Waals surface area contributed by atoms with Gasteiger partial charge in [0, 0.05) is 25.7 Å². The number of thiocarbonyl (C=S) groups is 1. The van der Waals surface area contributed by atoms with Crippen LogP contribution in [0.5, 0.6) is 0 Å². The Morgan fingerprint density at radius 3 is 2.81 bits per heavy atom. The monoisotopic (exact) mass is 241 g/mol. The lowest BCUT2D eigenvalue weighted by Crippen LogP contribution is -2.46. The summed E-state index contributed by atoms with van der Waals surface area (Å²) in [4.78, 5) is 4.54. The fraction of sp³-hybridized carbons (Fsp3) is 0.750. The van der Waals surface area contributed by atoms with Crippen molar-refractivity contribution in [2.75, 3.05) is 33.7 Å². The highest BCUT2D eigenvalue weighted by Gasteiger charge is 2.26. The highest BCUT2D eigenvalue weighted by Crippen LogP contribution is 2.17. The lowest BCUT2D eigenvalue weighted by Gasteiger charge is -2.29. The van der Waals surface area contributed by atoms with Crippen LogP contribution in [0.25, 0.3) is 0 Å². The van der Waals surface area contributed by atoms with Gasteiger partial charge in [0.2, 0.25) is 0 Å². The smallest absolute Gasteiger partial charge is 0.169 e. The van der Waals surface area contributed by atoms with Crippen LogP contribution in [-0.2, 0) is 0 Å². The topological polar surface area (TPSA) is 18.5 Å². The van der Waals surface area contributed by atoms with Crippen LogP contribution in [0.3, 0.4) is 0 Å². The fourth-order valence-corrected chi connectivity index (χ4v) is 2.35. The van der Waals surface area contributed by atoms with E-state index < -0.39 is 0 Å². The molecule has 0 aromatic rings. The highest BCUT2D eigenvalue weighted by atomic mass is 32.1. The summed E-state index contributed by atoms with van der Waals surface area (Å²) < 4.78 is 0. The van der Waals surface area contributed by atoms with Gasteiger partial charge in [0.25, 0.3) is 0 Å². The number of nitrogens with one attached hydrogen (secondary N) is 1. The Morgan fingerprint density at radius 1 is 1.56 bits per heavy atom. The average Bonchev–Trinajstić information content (AvgIpc) is 2.61. The van der Waals surface area contributed by atoms with Crippen molar-refractivity contribution in [2.45, 2.75) is 25.8 Å². The van der Waals surface area contributed by atoms with Crippen molar-refractivity contribution in [1.82, 2.24) is 15.1 Å². The first kappa shape index (κ1) is 13.5. The second kappa shape index (κ2) is 6.21. The molecule has 1 saturated heterocycles. The zero-order valence-electron chi connectivity index (χ0n) is 10.6. The molecule has 1 aliphatic heterocycles. The van der Waals surface area contributed by atoms with E-state index in [2.05, 4.69) is 35.8 Å². The van der Waals surface area contributed by atoms with Crippen LogP contribution in [0.1, 0.15) is 19.8 Å². The van der Waals surface area contributed by atoms with Gasteiger partial charge in [0.1, 0.15) is 0 Å². The molecular formula is C12H23N3S. The zero-order valence-corrected chi connectivity index (χ0v) is 11.4. The Morgan fingerprint density at radius 2 is 2.25 bits per heavy atom. The molecule has 0 aliphatic carbocycles. The first-order valence-electron chi connectivity index (χ1n) is 5.84. The van der Waals surface area contributed by atoms with Crippen molar-refractivity contribution >= 4 is 17.3 Å². The molecule has 0 amide bonds. The average molecular weight is 241 g/mol. The van der Waals surface area contributed by atoms with E-state index in [4.69, 9.17) is 12.2 Å². The van der Waals surface area contributed by atoms with Gasteiger partial charge in [0.05, 0.1) is 0 Å². The molecule has 0 saturated carbocycles. The third-order valence-corrected chi connectivity index (χ3v) is 3.13. The maximum Gasteiger partial charge on any atom is 0.169 e. The highest BCUT2D eigenvalue weighted by molar-refractivity contribution is 7.80. The Balaban J connectivity index is 2.44. The molecule has 1 heterocycles. The number of likely N-dealkylation sites (N-methyl/N-ethyl adjacent to an activating group) is 1. The molecule has 0 radical (unpaired) electrons. The summed E-state index contributed by atoms with van der Waals surface area (Å²) >= 11 is 5.42. The predicted octanol–water partition coefficient (Wildman–Crippen LogP) is 1.46. The molecular weight excluding hydrogens is 218 g/mol. The number of hydrogen-bond donors (Lipinski definition) is 1. The third-order valence-electron chi connectivity index (χ3n) is 2.76. The Bertz CT molecular complexity index is 263. The van der Waals surface area contributed by atoms with Crippen LogP contribution in [0, 0.1) is 0 Å². The van der Waals surface area contributed by atoms with Gasteiger partial charge in [-0.15, -0.1) is 0 Å². The van der Waals surface area contributed by atoms with Crippen molar-refractivity contribution in [1.29, 1.82) is 0 Å². The number of hydrogen-bond acceptors (Lipinski definition) is 2. The van der Waals surface area contributed by atoms with Crippen molar-refractivity contribution in [3.8, 4) is 0 Å². The van der Waals surface area contributed by atoms with Crippen LogP contribution in [0.2, 0.25) is 0 Å². The SMILES string of the molecule is C=C(C)CNC(=S)N1CCCC1CN(C)C. The van der Waals surface area contributed by atoms with Gasteiger partial charge in [-0.05, 0) is 46.1 Å². The van der Waals surface area contributed by atoms with Gasteiger partial charge >= 0.3 is 0 Å². The summed E-state index contributed by atoms with van der Waals surface area (Å²) in [5, 5.41) is 4.15. The fourth-order valence-electron chi connectivity index (χ4n) is 2.04. The summed E-state index contributed by atoms with van der Waals surface area (Å²) in [5.74, 6) is 0. The number of rotatable bonds is 4. The number of nitrogens with zero attached hydrogens (tertiary/aromatic N) is 2. The molecule has 0 aromatic carbocycles. The van der Waals surface area contributed by atoms with E-state index >= 15 is 0 Å². The van der Waals surface area contributed by atoms with Crippen molar-refractivity contribution < 1.29 is 0 Å². The largest absolute Gasteiger partial charge is 0.359 e. The number of likely N-dealkylation sites (tertiary alicyclic amines) is 1.